The zero-order chi connectivity index (χ0) is 16.1. The Morgan fingerprint density at radius 2 is 2.09 bits per heavy atom. The van der Waals surface area contributed by atoms with Crippen molar-refractivity contribution < 1.29 is 4.74 Å². The average molecular weight is 366 g/mol. The molecule has 2 heterocycles. The van der Waals surface area contributed by atoms with Gasteiger partial charge >= 0.3 is 0 Å². The van der Waals surface area contributed by atoms with Gasteiger partial charge in [0.1, 0.15) is 6.10 Å². The largest absolute Gasteiger partial charge is 0.366 e. The number of aromatic amines is 1. The molecule has 0 spiro atoms. The van der Waals surface area contributed by atoms with E-state index in [0.29, 0.717) is 12.4 Å². The molecular weight excluding hydrogens is 350 g/mol. The minimum absolute atomic E-state index is 0.247. The first-order valence-electron chi connectivity index (χ1n) is 7.22. The van der Waals surface area contributed by atoms with E-state index in [9.17, 15) is 0 Å². The van der Waals surface area contributed by atoms with Gasteiger partial charge in [0.15, 0.2) is 11.0 Å². The average Bonchev–Trinajstić information content (AvgIpc) is 3.20. The van der Waals surface area contributed by atoms with Crippen molar-refractivity contribution in [3.05, 3.63) is 63.1 Å². The van der Waals surface area contributed by atoms with Crippen molar-refractivity contribution in [2.45, 2.75) is 23.9 Å². The number of hydrogen-bond acceptors (Lipinski definition) is 5. The maximum atomic E-state index is 5.95. The van der Waals surface area contributed by atoms with E-state index in [1.54, 1.807) is 23.1 Å². The monoisotopic (exact) mass is 365 g/mol. The molecule has 0 aliphatic carbocycles. The third kappa shape index (κ3) is 4.35. The minimum Gasteiger partial charge on any atom is -0.366 e. The molecule has 0 saturated carbocycles. The van der Waals surface area contributed by atoms with E-state index in [1.807, 2.05) is 49.4 Å². The fourth-order valence-electron chi connectivity index (χ4n) is 2.12. The molecule has 0 radical (unpaired) electrons. The number of ether oxygens (including phenoxy) is 1. The summed E-state index contributed by atoms with van der Waals surface area (Å²) in [7, 11) is 0. The number of rotatable bonds is 7. The molecule has 0 amide bonds. The van der Waals surface area contributed by atoms with E-state index in [2.05, 4.69) is 15.2 Å². The smallest absolute Gasteiger partial charge is 0.184 e. The standard InChI is InChI=1S/C16H16ClN3OS2/c1-2-21-14(11-6-4-3-5-7-11)15-18-16(20-19-15)22-10-12-8-9-13(17)23-12/h3-9,14H,2,10H2,1H3,(H,18,19,20). The summed E-state index contributed by atoms with van der Waals surface area (Å²) in [6, 6.07) is 14.0. The van der Waals surface area contributed by atoms with Gasteiger partial charge < -0.3 is 4.74 Å². The predicted octanol–water partition coefficient (Wildman–Crippen LogP) is 4.94. The zero-order valence-electron chi connectivity index (χ0n) is 12.5. The van der Waals surface area contributed by atoms with Crippen molar-refractivity contribution in [3.8, 4) is 0 Å². The van der Waals surface area contributed by atoms with Gasteiger partial charge in [0.2, 0.25) is 0 Å². The maximum Gasteiger partial charge on any atom is 0.184 e. The number of thiophene rings is 1. The number of nitrogens with zero attached hydrogens (tertiary/aromatic N) is 2. The van der Waals surface area contributed by atoms with Gasteiger partial charge in [0, 0.05) is 17.2 Å². The molecule has 0 aliphatic heterocycles. The second kappa shape index (κ2) is 7.97. The SMILES string of the molecule is CCOC(c1ccccc1)c1n[nH]c(SCc2ccc(Cl)s2)n1. The summed E-state index contributed by atoms with van der Waals surface area (Å²) in [6.45, 7) is 2.57. The molecule has 1 aromatic carbocycles. The van der Waals surface area contributed by atoms with Gasteiger partial charge in [0.25, 0.3) is 0 Å². The van der Waals surface area contributed by atoms with Gasteiger partial charge in [0.05, 0.1) is 4.34 Å². The first-order valence-corrected chi connectivity index (χ1v) is 9.40. The van der Waals surface area contributed by atoms with E-state index in [1.165, 1.54) is 4.88 Å². The lowest BCUT2D eigenvalue weighted by molar-refractivity contribution is 0.0852. The Balaban J connectivity index is 1.71. The van der Waals surface area contributed by atoms with Crippen molar-refractivity contribution in [3.63, 3.8) is 0 Å². The Morgan fingerprint density at radius 1 is 1.26 bits per heavy atom. The molecule has 3 aromatic rings. The van der Waals surface area contributed by atoms with Gasteiger partial charge in [-0.15, -0.1) is 11.3 Å². The van der Waals surface area contributed by atoms with Crippen LogP contribution < -0.4 is 0 Å². The quantitative estimate of drug-likeness (QED) is 0.602. The number of halogens is 1. The summed E-state index contributed by atoms with van der Waals surface area (Å²) >= 11 is 9.14. The molecule has 120 valence electrons. The molecule has 0 aliphatic rings. The molecule has 1 N–H and O–H groups in total. The van der Waals surface area contributed by atoms with Crippen LogP contribution in [0.25, 0.3) is 0 Å². The van der Waals surface area contributed by atoms with Gasteiger partial charge in [-0.3, -0.25) is 5.10 Å². The van der Waals surface area contributed by atoms with Crippen LogP contribution in [0.5, 0.6) is 0 Å². The molecule has 1 unspecified atom stereocenters. The van der Waals surface area contributed by atoms with Crippen LogP contribution in [0.1, 0.15) is 29.3 Å². The third-order valence-corrected chi connectivity index (χ3v) is 5.46. The van der Waals surface area contributed by atoms with Gasteiger partial charge in [-0.1, -0.05) is 53.7 Å². The van der Waals surface area contributed by atoms with Crippen molar-refractivity contribution in [1.29, 1.82) is 0 Å². The van der Waals surface area contributed by atoms with Crippen LogP contribution in [0, 0.1) is 0 Å². The van der Waals surface area contributed by atoms with Crippen LogP contribution >= 0.6 is 34.7 Å². The zero-order valence-corrected chi connectivity index (χ0v) is 14.9. The topological polar surface area (TPSA) is 50.8 Å². The molecule has 0 bridgehead atoms. The number of aromatic nitrogens is 3. The van der Waals surface area contributed by atoms with E-state index in [0.717, 1.165) is 20.8 Å². The number of nitrogens with one attached hydrogen (secondary N) is 1. The lowest BCUT2D eigenvalue weighted by Crippen LogP contribution is -2.08. The van der Waals surface area contributed by atoms with Crippen LogP contribution in [0.3, 0.4) is 0 Å². The molecule has 0 fully saturated rings. The van der Waals surface area contributed by atoms with Crippen molar-refractivity contribution in [1.82, 2.24) is 15.2 Å². The Morgan fingerprint density at radius 3 is 2.78 bits per heavy atom. The summed E-state index contributed by atoms with van der Waals surface area (Å²) in [5, 5.41) is 8.09. The Labute approximate surface area is 148 Å². The lowest BCUT2D eigenvalue weighted by atomic mass is 10.1. The molecule has 3 rings (SSSR count). The van der Waals surface area contributed by atoms with Crippen LogP contribution in [0.2, 0.25) is 4.34 Å². The highest BCUT2D eigenvalue weighted by Gasteiger charge is 2.19. The third-order valence-electron chi connectivity index (χ3n) is 3.13. The summed E-state index contributed by atoms with van der Waals surface area (Å²) in [5.41, 5.74) is 1.05. The van der Waals surface area contributed by atoms with E-state index < -0.39 is 0 Å². The molecule has 0 saturated heterocycles. The van der Waals surface area contributed by atoms with E-state index in [4.69, 9.17) is 16.3 Å². The van der Waals surface area contributed by atoms with Crippen LogP contribution in [0.15, 0.2) is 47.6 Å². The molecule has 23 heavy (non-hydrogen) atoms. The first kappa shape index (κ1) is 16.5. The Hall–Kier alpha value is -1.34. The van der Waals surface area contributed by atoms with Crippen LogP contribution in [0.4, 0.5) is 0 Å². The summed E-state index contributed by atoms with van der Waals surface area (Å²) < 4.78 is 6.63. The summed E-state index contributed by atoms with van der Waals surface area (Å²) in [6.07, 6.45) is -0.247. The van der Waals surface area contributed by atoms with Crippen LogP contribution in [-0.2, 0) is 10.5 Å². The van der Waals surface area contributed by atoms with Gasteiger partial charge in [-0.2, -0.15) is 5.10 Å². The highest BCUT2D eigenvalue weighted by atomic mass is 35.5. The minimum atomic E-state index is -0.247. The molecule has 1 atom stereocenters. The highest BCUT2D eigenvalue weighted by molar-refractivity contribution is 7.98. The van der Waals surface area contributed by atoms with E-state index >= 15 is 0 Å². The van der Waals surface area contributed by atoms with Crippen molar-refractivity contribution in [2.24, 2.45) is 0 Å². The summed E-state index contributed by atoms with van der Waals surface area (Å²) in [5.74, 6) is 1.47. The Kier molecular flexibility index (Phi) is 5.72. The lowest BCUT2D eigenvalue weighted by Gasteiger charge is -2.13. The first-order chi connectivity index (χ1) is 11.3. The highest BCUT2D eigenvalue weighted by Crippen LogP contribution is 2.29. The van der Waals surface area contributed by atoms with Gasteiger partial charge in [-0.25, -0.2) is 4.98 Å². The second-order valence-corrected chi connectivity index (χ2v) is 7.50. The van der Waals surface area contributed by atoms with E-state index in [-0.39, 0.29) is 6.10 Å². The van der Waals surface area contributed by atoms with Gasteiger partial charge in [-0.05, 0) is 24.6 Å². The molecular formula is C16H16ClN3OS2. The van der Waals surface area contributed by atoms with Crippen molar-refractivity contribution >= 4 is 34.7 Å². The maximum absolute atomic E-state index is 5.95. The number of thioether (sulfide) groups is 1. The number of benzene rings is 1. The number of H-pyrrole nitrogens is 1. The summed E-state index contributed by atoms with van der Waals surface area (Å²) in [4.78, 5) is 5.78. The van der Waals surface area contributed by atoms with Crippen LogP contribution in [-0.4, -0.2) is 21.8 Å². The number of hydrogen-bond donors (Lipinski definition) is 1. The normalized spacial score (nSPS) is 12.4. The second-order valence-electron chi connectivity index (χ2n) is 4.74. The fraction of sp³-hybridized carbons (Fsp3) is 0.250. The predicted molar refractivity (Wildman–Crippen MR) is 95.2 cm³/mol. The fourth-order valence-corrected chi connectivity index (χ4v) is 4.06. The Bertz CT molecular complexity index is 745. The molecule has 7 heteroatoms. The van der Waals surface area contributed by atoms with Crippen molar-refractivity contribution in [2.75, 3.05) is 6.61 Å². The molecule has 2 aromatic heterocycles. The molecule has 4 nitrogen and oxygen atoms in total.